The quantitative estimate of drug-likeness (QED) is 0.915. The summed E-state index contributed by atoms with van der Waals surface area (Å²) < 4.78 is 24.0. The molecule has 1 aromatic carbocycles. The minimum Gasteiger partial charge on any atom is -0.391 e. The molecule has 1 heterocycles. The van der Waals surface area contributed by atoms with Gasteiger partial charge < -0.3 is 5.11 Å². The number of hydrogen-bond donors (Lipinski definition) is 1. The Hall–Kier alpha value is -1.24. The highest BCUT2D eigenvalue weighted by Crippen LogP contribution is 2.20. The molecule has 2 rings (SSSR count). The van der Waals surface area contributed by atoms with Gasteiger partial charge in [0.25, 0.3) is 0 Å². The summed E-state index contributed by atoms with van der Waals surface area (Å²) in [4.78, 5) is 4.94. The molecule has 0 atom stereocenters. The zero-order valence-corrected chi connectivity index (χ0v) is 10.5. The first-order valence-corrected chi connectivity index (χ1v) is 7.41. The Balaban J connectivity index is 2.24. The highest BCUT2D eigenvalue weighted by atomic mass is 32.2. The number of aromatic nitrogens is 1. The van der Waals surface area contributed by atoms with Crippen molar-refractivity contribution in [1.82, 2.24) is 4.98 Å². The molecule has 0 amide bonds. The van der Waals surface area contributed by atoms with Gasteiger partial charge in [-0.15, -0.1) is 11.3 Å². The molecule has 0 saturated carbocycles. The monoisotopic (exact) mass is 269 g/mol. The van der Waals surface area contributed by atoms with Crippen molar-refractivity contribution >= 4 is 21.2 Å². The number of aliphatic hydroxyl groups excluding tert-OH is 1. The van der Waals surface area contributed by atoms with Crippen molar-refractivity contribution in [2.24, 2.45) is 0 Å². The van der Waals surface area contributed by atoms with Crippen molar-refractivity contribution in [2.45, 2.75) is 17.3 Å². The van der Waals surface area contributed by atoms with E-state index in [0.29, 0.717) is 14.8 Å². The molecule has 0 unspecified atom stereocenters. The van der Waals surface area contributed by atoms with E-state index in [1.54, 1.807) is 30.3 Å². The second-order valence-electron chi connectivity index (χ2n) is 3.45. The number of aliphatic hydroxyl groups is 1. The average Bonchev–Trinajstić information content (AvgIpc) is 2.77. The zero-order valence-electron chi connectivity index (χ0n) is 8.91. The van der Waals surface area contributed by atoms with Gasteiger partial charge in [0, 0.05) is 6.20 Å². The van der Waals surface area contributed by atoms with Gasteiger partial charge in [0.2, 0.25) is 0 Å². The SMILES string of the molecule is O=S(=O)(Cc1ncc(CO)s1)c1ccccc1. The van der Waals surface area contributed by atoms with E-state index in [2.05, 4.69) is 4.98 Å². The second kappa shape index (κ2) is 4.95. The fourth-order valence-corrected chi connectivity index (χ4v) is 3.78. The van der Waals surface area contributed by atoms with Gasteiger partial charge in [0.15, 0.2) is 9.84 Å². The van der Waals surface area contributed by atoms with Crippen LogP contribution in [0, 0.1) is 0 Å². The van der Waals surface area contributed by atoms with Crippen molar-refractivity contribution in [1.29, 1.82) is 0 Å². The van der Waals surface area contributed by atoms with E-state index in [9.17, 15) is 8.42 Å². The maximum Gasteiger partial charge on any atom is 0.184 e. The van der Waals surface area contributed by atoms with Crippen LogP contribution >= 0.6 is 11.3 Å². The van der Waals surface area contributed by atoms with Crippen LogP contribution in [0.5, 0.6) is 0 Å². The summed E-state index contributed by atoms with van der Waals surface area (Å²) in [6.45, 7) is -0.108. The topological polar surface area (TPSA) is 67.3 Å². The van der Waals surface area contributed by atoms with Gasteiger partial charge >= 0.3 is 0 Å². The molecule has 4 nitrogen and oxygen atoms in total. The minimum atomic E-state index is -3.34. The molecule has 0 aliphatic rings. The normalized spacial score (nSPS) is 11.6. The van der Waals surface area contributed by atoms with E-state index in [4.69, 9.17) is 5.11 Å². The molecule has 0 saturated heterocycles. The van der Waals surface area contributed by atoms with Crippen molar-refractivity contribution in [3.63, 3.8) is 0 Å². The molecular formula is C11H11NO3S2. The van der Waals surface area contributed by atoms with Crippen molar-refractivity contribution in [3.05, 3.63) is 46.4 Å². The van der Waals surface area contributed by atoms with Gasteiger partial charge in [-0.3, -0.25) is 0 Å². The highest BCUT2D eigenvalue weighted by molar-refractivity contribution is 7.90. The molecule has 17 heavy (non-hydrogen) atoms. The summed E-state index contributed by atoms with van der Waals surface area (Å²) in [5.74, 6) is -0.123. The van der Waals surface area contributed by atoms with Crippen LogP contribution < -0.4 is 0 Å². The summed E-state index contributed by atoms with van der Waals surface area (Å²) >= 11 is 1.21. The van der Waals surface area contributed by atoms with Gasteiger partial charge in [-0.25, -0.2) is 13.4 Å². The average molecular weight is 269 g/mol. The fourth-order valence-electron chi connectivity index (χ4n) is 1.36. The number of rotatable bonds is 4. The number of benzene rings is 1. The van der Waals surface area contributed by atoms with Crippen molar-refractivity contribution < 1.29 is 13.5 Å². The van der Waals surface area contributed by atoms with E-state index in [1.807, 2.05) is 0 Å². The largest absolute Gasteiger partial charge is 0.391 e. The van der Waals surface area contributed by atoms with Gasteiger partial charge in [-0.05, 0) is 12.1 Å². The van der Waals surface area contributed by atoms with E-state index >= 15 is 0 Å². The summed E-state index contributed by atoms with van der Waals surface area (Å²) in [7, 11) is -3.34. The number of nitrogens with zero attached hydrogens (tertiary/aromatic N) is 1. The molecule has 0 aliphatic carbocycles. The van der Waals surface area contributed by atoms with Gasteiger partial charge in [0.1, 0.15) is 10.8 Å². The molecule has 6 heteroatoms. The first-order chi connectivity index (χ1) is 8.12. The Morgan fingerprint density at radius 2 is 1.94 bits per heavy atom. The Kier molecular flexibility index (Phi) is 3.56. The summed E-state index contributed by atoms with van der Waals surface area (Å²) in [5, 5.41) is 9.39. The predicted octanol–water partition coefficient (Wildman–Crippen LogP) is 1.61. The molecule has 0 fully saturated rings. The standard InChI is InChI=1S/C11H11NO3S2/c13-7-9-6-12-11(16-9)8-17(14,15)10-4-2-1-3-5-10/h1-6,13H,7-8H2. The number of hydrogen-bond acceptors (Lipinski definition) is 5. The Labute approximate surface area is 103 Å². The molecule has 1 aromatic heterocycles. The van der Waals surface area contributed by atoms with Crippen LogP contribution in [0.4, 0.5) is 0 Å². The molecule has 0 bridgehead atoms. The maximum absolute atomic E-state index is 12.0. The van der Waals surface area contributed by atoms with E-state index < -0.39 is 9.84 Å². The van der Waals surface area contributed by atoms with Crippen LogP contribution in [0.3, 0.4) is 0 Å². The lowest BCUT2D eigenvalue weighted by Gasteiger charge is -2.01. The molecule has 0 spiro atoms. The molecular weight excluding hydrogens is 258 g/mol. The van der Waals surface area contributed by atoms with Gasteiger partial charge in [-0.1, -0.05) is 18.2 Å². The second-order valence-corrected chi connectivity index (χ2v) is 6.64. The summed E-state index contributed by atoms with van der Waals surface area (Å²) in [5.41, 5.74) is 0. The molecule has 0 aliphatic heterocycles. The molecule has 1 N–H and O–H groups in total. The number of sulfone groups is 1. The highest BCUT2D eigenvalue weighted by Gasteiger charge is 2.16. The predicted molar refractivity (Wildman–Crippen MR) is 65.4 cm³/mol. The van der Waals surface area contributed by atoms with E-state index in [-0.39, 0.29) is 12.4 Å². The van der Waals surface area contributed by atoms with E-state index in [0.717, 1.165) is 0 Å². The van der Waals surface area contributed by atoms with Crippen molar-refractivity contribution in [3.8, 4) is 0 Å². The van der Waals surface area contributed by atoms with Crippen LogP contribution in [0.15, 0.2) is 41.4 Å². The summed E-state index contributed by atoms with van der Waals surface area (Å²) in [6.07, 6.45) is 1.50. The lowest BCUT2D eigenvalue weighted by atomic mass is 10.4. The van der Waals surface area contributed by atoms with Crippen molar-refractivity contribution in [2.75, 3.05) is 0 Å². The lowest BCUT2D eigenvalue weighted by molar-refractivity contribution is 0.285. The van der Waals surface area contributed by atoms with Crippen LogP contribution in [0.1, 0.15) is 9.88 Å². The third kappa shape index (κ3) is 2.91. The van der Waals surface area contributed by atoms with Crippen LogP contribution in [0.2, 0.25) is 0 Å². The van der Waals surface area contributed by atoms with Crippen LogP contribution in [-0.4, -0.2) is 18.5 Å². The lowest BCUT2D eigenvalue weighted by Crippen LogP contribution is -2.04. The first-order valence-electron chi connectivity index (χ1n) is 4.94. The number of thiazole rings is 1. The maximum atomic E-state index is 12.0. The molecule has 2 aromatic rings. The Morgan fingerprint density at radius 1 is 1.24 bits per heavy atom. The Morgan fingerprint density at radius 3 is 2.53 bits per heavy atom. The first kappa shape index (κ1) is 12.2. The van der Waals surface area contributed by atoms with E-state index in [1.165, 1.54) is 17.5 Å². The Bertz CT molecular complexity index is 590. The molecule has 90 valence electrons. The third-order valence-electron chi connectivity index (χ3n) is 2.17. The minimum absolute atomic E-state index is 0.108. The third-order valence-corrected chi connectivity index (χ3v) is 4.98. The smallest absolute Gasteiger partial charge is 0.184 e. The molecule has 0 radical (unpaired) electrons. The van der Waals surface area contributed by atoms with Crippen LogP contribution in [0.25, 0.3) is 0 Å². The van der Waals surface area contributed by atoms with Gasteiger partial charge in [-0.2, -0.15) is 0 Å². The van der Waals surface area contributed by atoms with Crippen LogP contribution in [-0.2, 0) is 22.2 Å². The van der Waals surface area contributed by atoms with Gasteiger partial charge in [0.05, 0.1) is 16.4 Å². The fraction of sp³-hybridized carbons (Fsp3) is 0.182. The summed E-state index contributed by atoms with van der Waals surface area (Å²) in [6, 6.07) is 8.28. The zero-order chi connectivity index (χ0) is 12.3.